The van der Waals surface area contributed by atoms with Gasteiger partial charge in [0.1, 0.15) is 111 Å². The van der Waals surface area contributed by atoms with Gasteiger partial charge in [0, 0.05) is 77.7 Å². The summed E-state index contributed by atoms with van der Waals surface area (Å²) in [6.45, 7) is 34.7. The molecule has 0 aliphatic rings. The van der Waals surface area contributed by atoms with Gasteiger partial charge in [0.15, 0.2) is 5.78 Å². The van der Waals surface area contributed by atoms with Crippen LogP contribution in [0.1, 0.15) is 65.9 Å². The van der Waals surface area contributed by atoms with Crippen molar-refractivity contribution in [3.8, 4) is 103 Å². The monoisotopic (exact) mass is 2180 g/mol. The first-order valence-corrected chi connectivity index (χ1v) is 45.0. The molecule has 15 N–H and O–H groups in total. The van der Waals surface area contributed by atoms with Crippen molar-refractivity contribution >= 4 is 60.2 Å². The van der Waals surface area contributed by atoms with Crippen molar-refractivity contribution in [3.05, 3.63) is 459 Å². The summed E-state index contributed by atoms with van der Waals surface area (Å²) in [5.41, 5.74) is 7.58. The maximum absolute atomic E-state index is 12.8. The predicted molar refractivity (Wildman–Crippen MR) is 556 cm³/mol. The van der Waals surface area contributed by atoms with Crippen LogP contribution < -0.4 is 135 Å². The van der Waals surface area contributed by atoms with Gasteiger partial charge in [-0.2, -0.15) is 0 Å². The second-order valence-corrected chi connectivity index (χ2v) is 28.8. The molecule has 0 spiro atoms. The number of amides is 1. The summed E-state index contributed by atoms with van der Waals surface area (Å²) >= 11 is 8.22. The van der Waals surface area contributed by atoms with Crippen LogP contribution in [-0.2, 0) is 48.2 Å². The number of nitrogens with zero attached hydrogens (tertiary/aromatic N) is 4. The number of carbonyl (C=O) groups is 4. The summed E-state index contributed by atoms with van der Waals surface area (Å²) in [7, 11) is 2.42. The van der Waals surface area contributed by atoms with Crippen LogP contribution in [0, 0.1) is 40.7 Å². The van der Waals surface area contributed by atoms with E-state index < -0.39 is 22.8 Å². The minimum atomic E-state index is -0.569. The van der Waals surface area contributed by atoms with Gasteiger partial charge in [-0.15, -0.1) is 75.7 Å². The van der Waals surface area contributed by atoms with Crippen molar-refractivity contribution in [2.75, 3.05) is 31.8 Å². The van der Waals surface area contributed by atoms with E-state index in [2.05, 4.69) is 127 Å². The molecule has 1 unspecified atom stereocenters. The first-order valence-electron chi connectivity index (χ1n) is 42.4. The number of nitrogens with one attached hydrogen (secondary N) is 1. The van der Waals surface area contributed by atoms with E-state index in [0.29, 0.717) is 131 Å². The number of benzene rings is 12. The second kappa shape index (κ2) is 79.9. The standard InChI is InChI=1S/C15H11F2NO2.2C14H8F2N2O.4C12H14O2.C7H4ClFO.C6H6O2.C3H5Br.CH2O3.CH5P.2K.H4N2.H2O.H/c16-12-5-1-10(2-6-12)14(19)9-18-15(20)11-3-7-13(17)8-4-11;2*15-11-5-1-9(2-6-11)13-17-18-14(19-13)10-3-7-12(16)8-4-10;1-3-9-13-11-5-7-12(8-6-11)14-10-4-2;2*1-3-5-9-7-12(14)10(6-4-2)8-11(9)13;1-3-5-9-10(6-4-2)12(14)8-7-11(9)13;8-7(10)5-1-3-6(9)4-2-5;7-5-1-2-6(8)4-3-5;1-2-3-4;2-1-4-3;1-2;;;1-2;;/h1-8H,9H2,(H,18,20);2*1-8H;3-8H,1-2,9-10H2;3*3-4,7-8,13-14H,1-2,5-6H2;1-4H;1-4,7-8H;2H,1,3H2;1,3H;2H2,1H3;;;1-2H2;1H2;/q;;;;;;;;;;;;2*+1;;;-1/p-1. The van der Waals surface area contributed by atoms with Gasteiger partial charge in [0.25, 0.3) is 17.6 Å². The number of hydrazine groups is 1. The zero-order valence-electron chi connectivity index (χ0n) is 81.5. The average molecular weight is 2180 g/mol. The molecule has 0 radical (unpaired) electrons. The van der Waals surface area contributed by atoms with E-state index in [1.807, 2.05) is 30.9 Å². The third kappa shape index (κ3) is 54.1. The van der Waals surface area contributed by atoms with E-state index in [9.17, 15) is 75.8 Å². The summed E-state index contributed by atoms with van der Waals surface area (Å²) in [6, 6.07) is 60.4. The normalized spacial score (nSPS) is 9.29. The summed E-state index contributed by atoms with van der Waals surface area (Å²) < 4.78 is 110. The number of hydrogen-bond donors (Lipinski definition) is 11. The number of alkyl halides is 1. The van der Waals surface area contributed by atoms with Gasteiger partial charge in [0.2, 0.25) is 23.6 Å². The van der Waals surface area contributed by atoms with Crippen LogP contribution in [0.2, 0.25) is 0 Å². The molecule has 0 fully saturated rings. The fourth-order valence-electron chi connectivity index (χ4n) is 10.9. The minimum Gasteiger partial charge on any atom is -1.00 e. The number of allylic oxidation sites excluding steroid dienone is 7. The molecule has 14 rings (SSSR count). The van der Waals surface area contributed by atoms with E-state index >= 15 is 0 Å². The summed E-state index contributed by atoms with van der Waals surface area (Å²) in [6.07, 6.45) is 18.6. The van der Waals surface area contributed by atoms with Crippen LogP contribution in [-0.4, -0.2) is 122 Å². The summed E-state index contributed by atoms with van der Waals surface area (Å²) in [5.74, 6) is 8.92. The Bertz CT molecular complexity index is 5750. The number of phenols is 8. The smallest absolute Gasteiger partial charge is 1.00 e. The number of ether oxygens (including phenoxy) is 2. The van der Waals surface area contributed by atoms with Crippen molar-refractivity contribution < 1.29 is 229 Å². The Kier molecular flexibility index (Phi) is 73.8. The largest absolute Gasteiger partial charge is 1.00 e. The molecule has 0 aliphatic heterocycles. The molecule has 14 aromatic rings. The maximum Gasteiger partial charge on any atom is 1.00 e. The molecule has 0 aliphatic carbocycles. The molecule has 766 valence electrons. The van der Waals surface area contributed by atoms with E-state index in [1.165, 1.54) is 146 Å². The third-order valence-electron chi connectivity index (χ3n) is 17.6. The Morgan fingerprint density at radius 2 is 0.619 bits per heavy atom. The average Bonchev–Trinajstić information content (AvgIpc) is 1.34. The van der Waals surface area contributed by atoms with Gasteiger partial charge in [-0.25, -0.2) is 30.7 Å². The van der Waals surface area contributed by atoms with Crippen LogP contribution in [0.4, 0.5) is 30.7 Å². The molecule has 0 saturated carbocycles. The van der Waals surface area contributed by atoms with Crippen LogP contribution in [0.3, 0.4) is 0 Å². The molecule has 2 aromatic heterocycles. The van der Waals surface area contributed by atoms with Crippen LogP contribution in [0.25, 0.3) is 45.8 Å². The minimum absolute atomic E-state index is 0. The zero-order valence-corrected chi connectivity index (χ0v) is 90.3. The van der Waals surface area contributed by atoms with Crippen molar-refractivity contribution in [3.63, 3.8) is 0 Å². The molecule has 12 aromatic carbocycles. The van der Waals surface area contributed by atoms with E-state index in [4.69, 9.17) is 50.2 Å². The molecule has 1 amide bonds. The number of halogens is 9. The van der Waals surface area contributed by atoms with Gasteiger partial charge in [-0.1, -0.05) is 90.4 Å². The number of carbonyl (C=O) groups excluding carboxylic acids is 4. The fraction of sp³-hybridized carbons (Fsp3) is 0.101. The number of hydrogen-bond acceptors (Lipinski definition) is 24. The SMILES string of the molecule is C=CCBr.C=CCOc1ccc(OCC=C)cc1.C=CCc1c(O)ccc(O)c1CC=C.C=CCc1cc(O)c(CC=C)cc1O.C=CCc1cc(O)c(CC=C)cc1O.CP.Fc1ccc(-c2nnc(-c3ccc(F)cc3)o2)cc1.Fc1ccc(-c2nnc(-c3ccc(F)cc3)o2)cc1.NN.O.O=C(CNC(=O)c1ccc(F)cc1)c1ccc(F)cc1.O=C(Cl)c1ccc(F)cc1.O=CO[O-].Oc1ccc(O)cc1.[H-].[K+].[K+]. The number of phenolic OH excluding ortho intramolecular Hbond substituents is 8. The van der Waals surface area contributed by atoms with Crippen LogP contribution >= 0.6 is 36.8 Å². The first kappa shape index (κ1) is 136. The number of ketones is 1. The molecule has 38 heteroatoms. The number of aromatic nitrogens is 4. The number of nitrogens with two attached hydrogens (primary N) is 2. The molecule has 0 saturated heterocycles. The molecule has 147 heavy (non-hydrogen) atoms. The Balaban J connectivity index is -0.00000158. The Hall–Kier alpha value is -13.3. The van der Waals surface area contributed by atoms with Crippen molar-refractivity contribution in [1.29, 1.82) is 0 Å². The van der Waals surface area contributed by atoms with Crippen molar-refractivity contribution in [2.24, 2.45) is 11.7 Å². The Morgan fingerprint density at radius 3 is 0.837 bits per heavy atom. The molecular weight excluding hydrogens is 2070 g/mol. The van der Waals surface area contributed by atoms with Gasteiger partial charge < -0.3 is 81.5 Å². The van der Waals surface area contributed by atoms with Gasteiger partial charge in [-0.3, -0.25) is 30.9 Å². The number of Topliss-reactive ketones (excluding diaryl/α,β-unsaturated/α-hetero) is 1. The quantitative estimate of drug-likeness (QED) is 0.00169. The number of rotatable bonds is 29. The van der Waals surface area contributed by atoms with E-state index in [1.54, 1.807) is 127 Å². The van der Waals surface area contributed by atoms with Crippen molar-refractivity contribution in [2.45, 2.75) is 38.5 Å². The maximum atomic E-state index is 12.8. The van der Waals surface area contributed by atoms with Gasteiger partial charge in [-0.05, 0) is 305 Å². The Morgan fingerprint density at radius 1 is 0.388 bits per heavy atom. The van der Waals surface area contributed by atoms with Crippen LogP contribution in [0.15, 0.2) is 378 Å². The van der Waals surface area contributed by atoms with E-state index in [0.717, 1.165) is 40.1 Å². The van der Waals surface area contributed by atoms with Gasteiger partial charge >= 0.3 is 103 Å². The Labute approximate surface area is 949 Å². The summed E-state index contributed by atoms with van der Waals surface area (Å²) in [5, 5.41) is 101. The number of aromatic hydroxyl groups is 8. The molecule has 2 heterocycles. The predicted octanol–water partition coefficient (Wildman–Crippen LogP) is 16.3. The second-order valence-electron chi connectivity index (χ2n) is 27.8. The summed E-state index contributed by atoms with van der Waals surface area (Å²) in [4.78, 5) is 45.1. The zero-order chi connectivity index (χ0) is 107. The van der Waals surface area contributed by atoms with E-state index in [-0.39, 0.29) is 209 Å². The molecule has 0 bridgehead atoms. The third-order valence-corrected chi connectivity index (χ3v) is 18.3. The fourth-order valence-corrected chi connectivity index (χ4v) is 11.0. The molecular formula is C109H111BrClF7K2N7O19P. The molecule has 1 atom stereocenters. The van der Waals surface area contributed by atoms with Crippen molar-refractivity contribution in [1.82, 2.24) is 25.7 Å². The topological polar surface area (TPSA) is 454 Å². The van der Waals surface area contributed by atoms with Gasteiger partial charge in [0.05, 0.1) is 6.54 Å². The van der Waals surface area contributed by atoms with Crippen LogP contribution in [0.5, 0.6) is 57.5 Å². The first-order chi connectivity index (χ1) is 69.2. The molecule has 26 nitrogen and oxygen atoms in total.